The summed E-state index contributed by atoms with van der Waals surface area (Å²) in [5.41, 5.74) is 0.687. The van der Waals surface area contributed by atoms with E-state index in [4.69, 9.17) is 9.84 Å². The summed E-state index contributed by atoms with van der Waals surface area (Å²) in [7, 11) is 0. The predicted octanol–water partition coefficient (Wildman–Crippen LogP) is 1.80. The monoisotopic (exact) mass is 235 g/mol. The van der Waals surface area contributed by atoms with E-state index in [2.05, 4.69) is 11.9 Å². The molecule has 1 aromatic rings. The molecule has 0 aliphatic carbocycles. The van der Waals surface area contributed by atoms with E-state index in [0.717, 1.165) is 0 Å². The second kappa shape index (κ2) is 6.32. The van der Waals surface area contributed by atoms with Crippen molar-refractivity contribution in [3.8, 4) is 0 Å². The lowest BCUT2D eigenvalue weighted by atomic mass is 10.1. The third-order valence-electron chi connectivity index (χ3n) is 2.00. The number of benzene rings is 1. The van der Waals surface area contributed by atoms with Crippen molar-refractivity contribution in [1.29, 1.82) is 0 Å². The maximum absolute atomic E-state index is 11.1. The van der Waals surface area contributed by atoms with Crippen LogP contribution in [-0.4, -0.2) is 23.8 Å². The summed E-state index contributed by atoms with van der Waals surface area (Å²) in [5, 5.41) is 11.4. The summed E-state index contributed by atoms with van der Waals surface area (Å²) in [5.74, 6) is -1.03. The molecule has 0 radical (unpaired) electrons. The van der Waals surface area contributed by atoms with E-state index < -0.39 is 12.1 Å². The Bertz CT molecular complexity index is 428. The fraction of sp³-hybridized carbons (Fsp3) is 0.167. The molecule has 17 heavy (non-hydrogen) atoms. The molecule has 1 rings (SSSR count). The van der Waals surface area contributed by atoms with E-state index in [-0.39, 0.29) is 18.7 Å². The smallest absolute Gasteiger partial charge is 0.407 e. The number of carbonyl (C=O) groups excluding carboxylic acids is 1. The van der Waals surface area contributed by atoms with Crippen molar-refractivity contribution in [3.05, 3.63) is 48.0 Å². The molecule has 0 bridgehead atoms. The molecule has 0 unspecified atom stereocenters. The van der Waals surface area contributed by atoms with Gasteiger partial charge in [0.1, 0.15) is 6.61 Å². The lowest BCUT2D eigenvalue weighted by molar-refractivity contribution is 0.0695. The molecule has 0 aromatic heterocycles. The molecule has 0 atom stereocenters. The molecule has 0 aliphatic heterocycles. The minimum Gasteiger partial charge on any atom is -0.478 e. The van der Waals surface area contributed by atoms with Gasteiger partial charge in [-0.2, -0.15) is 0 Å². The number of aromatic carboxylic acids is 1. The number of ether oxygens (including phenoxy) is 1. The van der Waals surface area contributed by atoms with E-state index in [0.29, 0.717) is 5.56 Å². The highest BCUT2D eigenvalue weighted by atomic mass is 16.5. The summed E-state index contributed by atoms with van der Waals surface area (Å²) in [6.45, 7) is 3.63. The average Bonchev–Trinajstić information content (AvgIpc) is 2.34. The van der Waals surface area contributed by atoms with Gasteiger partial charge in [-0.1, -0.05) is 30.9 Å². The number of carboxylic acids is 1. The van der Waals surface area contributed by atoms with Crippen LogP contribution in [0.5, 0.6) is 0 Å². The van der Waals surface area contributed by atoms with Crippen molar-refractivity contribution in [2.45, 2.75) is 6.54 Å². The van der Waals surface area contributed by atoms with Gasteiger partial charge in [-0.05, 0) is 11.6 Å². The molecule has 0 spiro atoms. The van der Waals surface area contributed by atoms with Crippen LogP contribution in [0.2, 0.25) is 0 Å². The maximum Gasteiger partial charge on any atom is 0.407 e. The van der Waals surface area contributed by atoms with Gasteiger partial charge < -0.3 is 15.2 Å². The standard InChI is InChI=1S/C12H13NO4/c1-2-7-17-12(16)13-8-9-5-3-4-6-10(9)11(14)15/h2-6H,1,7-8H2,(H,13,16)(H,14,15). The largest absolute Gasteiger partial charge is 0.478 e. The minimum absolute atomic E-state index is 0.110. The number of rotatable bonds is 5. The third kappa shape index (κ3) is 3.98. The fourth-order valence-electron chi connectivity index (χ4n) is 1.24. The van der Waals surface area contributed by atoms with Crippen LogP contribution in [0.4, 0.5) is 4.79 Å². The predicted molar refractivity (Wildman–Crippen MR) is 61.8 cm³/mol. The van der Waals surface area contributed by atoms with Crippen LogP contribution in [0.1, 0.15) is 15.9 Å². The van der Waals surface area contributed by atoms with Crippen molar-refractivity contribution in [1.82, 2.24) is 5.32 Å². The Hall–Kier alpha value is -2.30. The number of hydrogen-bond acceptors (Lipinski definition) is 3. The number of alkyl carbamates (subject to hydrolysis) is 1. The quantitative estimate of drug-likeness (QED) is 0.763. The number of nitrogens with one attached hydrogen (secondary N) is 1. The maximum atomic E-state index is 11.1. The first kappa shape index (κ1) is 12.8. The number of carboxylic acid groups (broad SMARTS) is 1. The first-order valence-corrected chi connectivity index (χ1v) is 4.98. The van der Waals surface area contributed by atoms with Gasteiger partial charge in [0.2, 0.25) is 0 Å². The van der Waals surface area contributed by atoms with Crippen molar-refractivity contribution in [3.63, 3.8) is 0 Å². The van der Waals surface area contributed by atoms with Gasteiger partial charge in [0.25, 0.3) is 0 Å². The second-order valence-corrected chi connectivity index (χ2v) is 3.20. The second-order valence-electron chi connectivity index (χ2n) is 3.20. The van der Waals surface area contributed by atoms with Gasteiger partial charge >= 0.3 is 12.1 Å². The molecular weight excluding hydrogens is 222 g/mol. The Morgan fingerprint density at radius 1 is 1.41 bits per heavy atom. The molecule has 1 aromatic carbocycles. The van der Waals surface area contributed by atoms with Crippen molar-refractivity contribution in [2.75, 3.05) is 6.61 Å². The zero-order chi connectivity index (χ0) is 12.7. The Labute approximate surface area is 98.7 Å². The number of amides is 1. The Balaban J connectivity index is 2.60. The molecule has 0 heterocycles. The Kier molecular flexibility index (Phi) is 4.75. The van der Waals surface area contributed by atoms with Gasteiger partial charge in [-0.3, -0.25) is 0 Å². The molecule has 0 saturated carbocycles. The molecular formula is C12H13NO4. The van der Waals surface area contributed by atoms with E-state index in [1.54, 1.807) is 18.2 Å². The normalized spacial score (nSPS) is 9.41. The van der Waals surface area contributed by atoms with Crippen molar-refractivity contribution < 1.29 is 19.4 Å². The van der Waals surface area contributed by atoms with Crippen LogP contribution >= 0.6 is 0 Å². The Morgan fingerprint density at radius 2 is 2.12 bits per heavy atom. The molecule has 0 saturated heterocycles. The number of hydrogen-bond donors (Lipinski definition) is 2. The van der Waals surface area contributed by atoms with Crippen LogP contribution in [0, 0.1) is 0 Å². The summed E-state index contributed by atoms with van der Waals surface area (Å²) in [4.78, 5) is 22.0. The van der Waals surface area contributed by atoms with Gasteiger partial charge in [-0.15, -0.1) is 0 Å². The van der Waals surface area contributed by atoms with E-state index >= 15 is 0 Å². The molecule has 5 nitrogen and oxygen atoms in total. The van der Waals surface area contributed by atoms with E-state index in [1.165, 1.54) is 12.1 Å². The Morgan fingerprint density at radius 3 is 2.76 bits per heavy atom. The lowest BCUT2D eigenvalue weighted by Gasteiger charge is -2.07. The minimum atomic E-state index is -1.03. The summed E-state index contributed by atoms with van der Waals surface area (Å²) in [6.07, 6.45) is 0.843. The van der Waals surface area contributed by atoms with Crippen molar-refractivity contribution in [2.24, 2.45) is 0 Å². The SMILES string of the molecule is C=CCOC(=O)NCc1ccccc1C(=O)O. The summed E-state index contributed by atoms with van der Waals surface area (Å²) in [6, 6.07) is 6.45. The van der Waals surface area contributed by atoms with Crippen LogP contribution in [0.25, 0.3) is 0 Å². The van der Waals surface area contributed by atoms with E-state index in [1.807, 2.05) is 0 Å². The van der Waals surface area contributed by atoms with Crippen LogP contribution in [0.15, 0.2) is 36.9 Å². The highest BCUT2D eigenvalue weighted by Crippen LogP contribution is 2.08. The van der Waals surface area contributed by atoms with Gasteiger partial charge in [0, 0.05) is 6.54 Å². The van der Waals surface area contributed by atoms with Gasteiger partial charge in [-0.25, -0.2) is 9.59 Å². The molecule has 5 heteroatoms. The van der Waals surface area contributed by atoms with Gasteiger partial charge in [0.15, 0.2) is 0 Å². The van der Waals surface area contributed by atoms with E-state index in [9.17, 15) is 9.59 Å². The average molecular weight is 235 g/mol. The van der Waals surface area contributed by atoms with Crippen LogP contribution in [0.3, 0.4) is 0 Å². The lowest BCUT2D eigenvalue weighted by Crippen LogP contribution is -2.24. The summed E-state index contributed by atoms with van der Waals surface area (Å²) >= 11 is 0. The van der Waals surface area contributed by atoms with Gasteiger partial charge in [0.05, 0.1) is 5.56 Å². The zero-order valence-electron chi connectivity index (χ0n) is 9.18. The first-order valence-electron chi connectivity index (χ1n) is 4.98. The highest BCUT2D eigenvalue weighted by Gasteiger charge is 2.09. The fourth-order valence-corrected chi connectivity index (χ4v) is 1.24. The molecule has 0 aliphatic rings. The highest BCUT2D eigenvalue weighted by molar-refractivity contribution is 5.89. The third-order valence-corrected chi connectivity index (χ3v) is 2.00. The summed E-state index contributed by atoms with van der Waals surface area (Å²) < 4.78 is 4.70. The molecule has 0 fully saturated rings. The van der Waals surface area contributed by atoms with Crippen molar-refractivity contribution >= 4 is 12.1 Å². The topological polar surface area (TPSA) is 75.6 Å². The number of carbonyl (C=O) groups is 2. The molecule has 1 amide bonds. The zero-order valence-corrected chi connectivity index (χ0v) is 9.18. The van der Waals surface area contributed by atoms with Crippen LogP contribution < -0.4 is 5.32 Å². The van der Waals surface area contributed by atoms with Crippen LogP contribution in [-0.2, 0) is 11.3 Å². The first-order chi connectivity index (χ1) is 8.15. The molecule has 2 N–H and O–H groups in total. The molecule has 90 valence electrons.